The van der Waals surface area contributed by atoms with E-state index < -0.39 is 0 Å². The summed E-state index contributed by atoms with van der Waals surface area (Å²) in [6, 6.07) is 0.699. The molecule has 1 heteroatoms. The van der Waals surface area contributed by atoms with Crippen molar-refractivity contribution < 1.29 is 0 Å². The van der Waals surface area contributed by atoms with Crippen molar-refractivity contribution in [3.8, 4) is 0 Å². The van der Waals surface area contributed by atoms with Crippen molar-refractivity contribution in [1.82, 2.24) is 5.32 Å². The van der Waals surface area contributed by atoms with Gasteiger partial charge in [-0.2, -0.15) is 0 Å². The van der Waals surface area contributed by atoms with Crippen LogP contribution in [0.4, 0.5) is 0 Å². The highest BCUT2D eigenvalue weighted by molar-refractivity contribution is 4.70. The lowest BCUT2D eigenvalue weighted by atomic mass is 9.91. The molecule has 1 nitrogen and oxygen atoms in total. The molecule has 0 aliphatic carbocycles. The maximum absolute atomic E-state index is 3.57. The Hall–Kier alpha value is -0.0400. The molecule has 104 valence electrons. The van der Waals surface area contributed by atoms with Crippen molar-refractivity contribution in [2.75, 3.05) is 6.54 Å². The largest absolute Gasteiger partial charge is 0.314 e. The Kier molecular flexibility index (Phi) is 12.4. The molecule has 17 heavy (non-hydrogen) atoms. The predicted molar refractivity (Wildman–Crippen MR) is 79.5 cm³/mol. The third-order valence-electron chi connectivity index (χ3n) is 3.94. The molecule has 0 radical (unpaired) electrons. The fourth-order valence-corrected chi connectivity index (χ4v) is 2.66. The SMILES string of the molecule is CCCCCCCCCC(CC)C(C)NCC. The molecule has 0 bridgehead atoms. The third kappa shape index (κ3) is 9.64. The summed E-state index contributed by atoms with van der Waals surface area (Å²) >= 11 is 0. The van der Waals surface area contributed by atoms with Crippen molar-refractivity contribution in [3.63, 3.8) is 0 Å². The zero-order chi connectivity index (χ0) is 12.9. The average Bonchev–Trinajstić information content (AvgIpc) is 2.33. The summed E-state index contributed by atoms with van der Waals surface area (Å²) in [4.78, 5) is 0. The molecule has 0 heterocycles. The average molecular weight is 241 g/mol. The van der Waals surface area contributed by atoms with Crippen LogP contribution in [-0.2, 0) is 0 Å². The van der Waals surface area contributed by atoms with E-state index in [1.54, 1.807) is 0 Å². The fraction of sp³-hybridized carbons (Fsp3) is 1.00. The first-order valence-corrected chi connectivity index (χ1v) is 7.99. The van der Waals surface area contributed by atoms with Crippen molar-refractivity contribution in [2.45, 2.75) is 91.5 Å². The number of hydrogen-bond acceptors (Lipinski definition) is 1. The minimum absolute atomic E-state index is 0.699. The molecular weight excluding hydrogens is 206 g/mol. The molecule has 0 aliphatic rings. The number of nitrogens with one attached hydrogen (secondary N) is 1. The molecule has 0 saturated carbocycles. The molecule has 0 amide bonds. The van der Waals surface area contributed by atoms with E-state index in [4.69, 9.17) is 0 Å². The molecule has 0 aromatic carbocycles. The molecule has 0 aromatic rings. The van der Waals surface area contributed by atoms with Crippen LogP contribution in [0, 0.1) is 5.92 Å². The maximum Gasteiger partial charge on any atom is 0.00667 e. The summed E-state index contributed by atoms with van der Waals surface area (Å²) in [6.45, 7) is 10.3. The second-order valence-corrected chi connectivity index (χ2v) is 5.42. The van der Waals surface area contributed by atoms with E-state index in [1.807, 2.05) is 0 Å². The second-order valence-electron chi connectivity index (χ2n) is 5.42. The molecule has 0 saturated heterocycles. The number of rotatable bonds is 12. The summed E-state index contributed by atoms with van der Waals surface area (Å²) < 4.78 is 0. The fourth-order valence-electron chi connectivity index (χ4n) is 2.66. The highest BCUT2D eigenvalue weighted by Gasteiger charge is 2.13. The van der Waals surface area contributed by atoms with Crippen molar-refractivity contribution >= 4 is 0 Å². The van der Waals surface area contributed by atoms with E-state index in [2.05, 4.69) is 33.0 Å². The van der Waals surface area contributed by atoms with Gasteiger partial charge in [0.2, 0.25) is 0 Å². The van der Waals surface area contributed by atoms with Gasteiger partial charge in [0.1, 0.15) is 0 Å². The summed E-state index contributed by atoms with van der Waals surface area (Å²) in [7, 11) is 0. The molecule has 0 aliphatic heterocycles. The van der Waals surface area contributed by atoms with E-state index in [-0.39, 0.29) is 0 Å². The normalized spacial score (nSPS) is 14.8. The lowest BCUT2D eigenvalue weighted by molar-refractivity contribution is 0.336. The van der Waals surface area contributed by atoms with Gasteiger partial charge in [0.25, 0.3) is 0 Å². The Bertz CT molecular complexity index is 144. The third-order valence-corrected chi connectivity index (χ3v) is 3.94. The van der Waals surface area contributed by atoms with Gasteiger partial charge in [-0.05, 0) is 25.8 Å². The van der Waals surface area contributed by atoms with Crippen molar-refractivity contribution in [3.05, 3.63) is 0 Å². The first-order chi connectivity index (χ1) is 8.26. The first kappa shape index (κ1) is 17.0. The van der Waals surface area contributed by atoms with Crippen LogP contribution in [0.2, 0.25) is 0 Å². The first-order valence-electron chi connectivity index (χ1n) is 7.99. The monoisotopic (exact) mass is 241 g/mol. The van der Waals surface area contributed by atoms with E-state index in [0.717, 1.165) is 12.5 Å². The topological polar surface area (TPSA) is 12.0 Å². The van der Waals surface area contributed by atoms with Gasteiger partial charge in [-0.15, -0.1) is 0 Å². The van der Waals surface area contributed by atoms with Crippen LogP contribution in [0.5, 0.6) is 0 Å². The van der Waals surface area contributed by atoms with Gasteiger partial charge >= 0.3 is 0 Å². The Labute approximate surface area is 110 Å². The van der Waals surface area contributed by atoms with Crippen molar-refractivity contribution in [2.24, 2.45) is 5.92 Å². The second kappa shape index (κ2) is 12.4. The van der Waals surface area contributed by atoms with Crippen LogP contribution in [-0.4, -0.2) is 12.6 Å². The minimum Gasteiger partial charge on any atom is -0.314 e. The van der Waals surface area contributed by atoms with Crippen LogP contribution >= 0.6 is 0 Å². The Morgan fingerprint density at radius 1 is 0.824 bits per heavy atom. The number of unbranched alkanes of at least 4 members (excludes halogenated alkanes) is 6. The molecule has 0 spiro atoms. The van der Waals surface area contributed by atoms with Crippen LogP contribution in [0.3, 0.4) is 0 Å². The van der Waals surface area contributed by atoms with Crippen LogP contribution in [0.1, 0.15) is 85.5 Å². The highest BCUT2D eigenvalue weighted by Crippen LogP contribution is 2.18. The molecule has 0 aromatic heterocycles. The van der Waals surface area contributed by atoms with Gasteiger partial charge in [0.05, 0.1) is 0 Å². The molecule has 0 rings (SSSR count). The lowest BCUT2D eigenvalue weighted by Crippen LogP contribution is -2.33. The smallest absolute Gasteiger partial charge is 0.00667 e. The van der Waals surface area contributed by atoms with Gasteiger partial charge in [-0.3, -0.25) is 0 Å². The number of hydrogen-bond donors (Lipinski definition) is 1. The summed E-state index contributed by atoms with van der Waals surface area (Å²) in [6.07, 6.45) is 12.7. The zero-order valence-electron chi connectivity index (χ0n) is 12.7. The maximum atomic E-state index is 3.57. The standard InChI is InChI=1S/C16H35N/c1-5-8-9-10-11-12-13-14-16(6-2)15(4)17-7-3/h15-17H,5-14H2,1-4H3. The van der Waals surface area contributed by atoms with Crippen molar-refractivity contribution in [1.29, 1.82) is 0 Å². The highest BCUT2D eigenvalue weighted by atomic mass is 14.9. The molecule has 2 atom stereocenters. The van der Waals surface area contributed by atoms with E-state index in [9.17, 15) is 0 Å². The van der Waals surface area contributed by atoms with Gasteiger partial charge in [-0.1, -0.05) is 72.1 Å². The quantitative estimate of drug-likeness (QED) is 0.466. The van der Waals surface area contributed by atoms with Crippen LogP contribution in [0.25, 0.3) is 0 Å². The summed E-state index contributed by atoms with van der Waals surface area (Å²) in [5, 5.41) is 3.57. The predicted octanol–water partition coefficient (Wildman–Crippen LogP) is 5.15. The van der Waals surface area contributed by atoms with Gasteiger partial charge in [0, 0.05) is 6.04 Å². The Morgan fingerprint density at radius 3 is 1.94 bits per heavy atom. The van der Waals surface area contributed by atoms with E-state index in [1.165, 1.54) is 57.8 Å². The molecule has 1 N–H and O–H groups in total. The minimum atomic E-state index is 0.699. The molecule has 2 unspecified atom stereocenters. The Morgan fingerprint density at radius 2 is 1.41 bits per heavy atom. The van der Waals surface area contributed by atoms with Gasteiger partial charge in [0.15, 0.2) is 0 Å². The summed E-state index contributed by atoms with van der Waals surface area (Å²) in [5.41, 5.74) is 0. The Balaban J connectivity index is 3.43. The van der Waals surface area contributed by atoms with Crippen LogP contribution in [0.15, 0.2) is 0 Å². The van der Waals surface area contributed by atoms with E-state index >= 15 is 0 Å². The van der Waals surface area contributed by atoms with Gasteiger partial charge < -0.3 is 5.32 Å². The van der Waals surface area contributed by atoms with E-state index in [0.29, 0.717) is 6.04 Å². The molecular formula is C16H35N. The van der Waals surface area contributed by atoms with Gasteiger partial charge in [-0.25, -0.2) is 0 Å². The molecule has 0 fully saturated rings. The zero-order valence-corrected chi connectivity index (χ0v) is 12.7. The summed E-state index contributed by atoms with van der Waals surface area (Å²) in [5.74, 6) is 0.880. The van der Waals surface area contributed by atoms with Crippen LogP contribution < -0.4 is 5.32 Å². The lowest BCUT2D eigenvalue weighted by Gasteiger charge is -2.23.